The molecule has 2 aromatic heterocycles. The number of nitrogens with zero attached hydrogens (tertiary/aromatic N) is 3. The summed E-state index contributed by atoms with van der Waals surface area (Å²) in [6.45, 7) is 2.34. The predicted molar refractivity (Wildman–Crippen MR) is 89.8 cm³/mol. The van der Waals surface area contributed by atoms with Crippen molar-refractivity contribution in [3.05, 3.63) is 28.6 Å². The molecule has 0 aliphatic carbocycles. The number of hydrogen-bond donors (Lipinski definition) is 0. The zero-order valence-corrected chi connectivity index (χ0v) is 14.4. The summed E-state index contributed by atoms with van der Waals surface area (Å²) < 4.78 is 5.23. The highest BCUT2D eigenvalue weighted by atomic mass is 32.1. The second-order valence-electron chi connectivity index (χ2n) is 5.17. The van der Waals surface area contributed by atoms with Gasteiger partial charge in [0, 0.05) is 25.5 Å². The normalized spacial score (nSPS) is 14.7. The Labute approximate surface area is 142 Å². The summed E-state index contributed by atoms with van der Waals surface area (Å²) in [6, 6.07) is 3.93. The number of likely N-dealkylation sites (N-methyl/N-ethyl adjacent to an activating group) is 1. The number of carbonyl (C=O) groups is 2. The van der Waals surface area contributed by atoms with E-state index in [4.69, 9.17) is 4.74 Å². The summed E-state index contributed by atoms with van der Waals surface area (Å²) in [7, 11) is 1.63. The summed E-state index contributed by atoms with van der Waals surface area (Å²) in [5.41, 5.74) is 0.385. The first kappa shape index (κ1) is 16.1. The van der Waals surface area contributed by atoms with Gasteiger partial charge in [-0.3, -0.25) is 9.59 Å². The number of aromatic nitrogens is 1. The van der Waals surface area contributed by atoms with Crippen LogP contribution in [0.4, 0.5) is 0 Å². The molecule has 1 aliphatic heterocycles. The smallest absolute Gasteiger partial charge is 0.273 e. The molecule has 122 valence electrons. The van der Waals surface area contributed by atoms with E-state index in [9.17, 15) is 9.59 Å². The van der Waals surface area contributed by atoms with Crippen molar-refractivity contribution < 1.29 is 14.3 Å². The molecule has 2 amide bonds. The maximum atomic E-state index is 12.4. The molecule has 0 aromatic carbocycles. The van der Waals surface area contributed by atoms with E-state index in [-0.39, 0.29) is 18.4 Å². The quantitative estimate of drug-likeness (QED) is 0.843. The fourth-order valence-corrected chi connectivity index (χ4v) is 3.88. The molecule has 0 N–H and O–H groups in total. The first-order chi connectivity index (χ1) is 11.1. The average Bonchev–Trinajstić information content (AvgIpc) is 3.26. The van der Waals surface area contributed by atoms with Gasteiger partial charge in [0.05, 0.1) is 24.6 Å². The van der Waals surface area contributed by atoms with Crippen molar-refractivity contribution in [2.45, 2.75) is 0 Å². The number of thiophene rings is 1. The number of morpholine rings is 1. The van der Waals surface area contributed by atoms with Gasteiger partial charge < -0.3 is 14.5 Å². The van der Waals surface area contributed by atoms with Crippen LogP contribution in [0.1, 0.15) is 10.5 Å². The first-order valence-electron chi connectivity index (χ1n) is 7.25. The highest BCUT2D eigenvalue weighted by Crippen LogP contribution is 2.28. The van der Waals surface area contributed by atoms with Crippen molar-refractivity contribution in [2.24, 2.45) is 0 Å². The Morgan fingerprint density at radius 1 is 1.35 bits per heavy atom. The lowest BCUT2D eigenvalue weighted by Gasteiger charge is -2.28. The molecule has 1 saturated heterocycles. The highest BCUT2D eigenvalue weighted by Gasteiger charge is 2.22. The number of ether oxygens (including phenoxy) is 1. The standard InChI is InChI=1S/C15H17N3O3S2/c1-17(9-13(19)18-4-6-21-7-5-18)15(20)11-10-23-14(16-11)12-3-2-8-22-12/h2-3,8,10H,4-7,9H2,1H3. The summed E-state index contributed by atoms with van der Waals surface area (Å²) in [5.74, 6) is -0.288. The molecule has 0 atom stereocenters. The number of thiazole rings is 1. The van der Waals surface area contributed by atoms with Gasteiger partial charge in [-0.15, -0.1) is 22.7 Å². The third-order valence-corrected chi connectivity index (χ3v) is 5.42. The van der Waals surface area contributed by atoms with Crippen molar-refractivity contribution in [1.82, 2.24) is 14.8 Å². The number of hydrogen-bond acceptors (Lipinski definition) is 6. The van der Waals surface area contributed by atoms with Crippen LogP contribution in [-0.4, -0.2) is 66.5 Å². The van der Waals surface area contributed by atoms with Crippen LogP contribution >= 0.6 is 22.7 Å². The van der Waals surface area contributed by atoms with E-state index >= 15 is 0 Å². The SMILES string of the molecule is CN(CC(=O)N1CCOCC1)C(=O)c1csc(-c2cccs2)n1. The van der Waals surface area contributed by atoms with Crippen LogP contribution < -0.4 is 0 Å². The molecule has 0 spiro atoms. The fourth-order valence-electron chi connectivity index (χ4n) is 2.27. The van der Waals surface area contributed by atoms with Gasteiger partial charge in [0.15, 0.2) is 0 Å². The van der Waals surface area contributed by atoms with E-state index in [0.717, 1.165) is 9.88 Å². The van der Waals surface area contributed by atoms with Crippen molar-refractivity contribution in [3.63, 3.8) is 0 Å². The fraction of sp³-hybridized carbons (Fsp3) is 0.400. The molecule has 6 nitrogen and oxygen atoms in total. The van der Waals surface area contributed by atoms with Gasteiger partial charge in [-0.05, 0) is 11.4 Å². The number of rotatable bonds is 4. The van der Waals surface area contributed by atoms with E-state index in [2.05, 4.69) is 4.98 Å². The van der Waals surface area contributed by atoms with Gasteiger partial charge in [-0.2, -0.15) is 0 Å². The molecule has 3 heterocycles. The van der Waals surface area contributed by atoms with E-state index in [1.165, 1.54) is 16.2 Å². The molecular weight excluding hydrogens is 334 g/mol. The largest absolute Gasteiger partial charge is 0.378 e. The predicted octanol–water partition coefficient (Wildman–Crippen LogP) is 1.80. The van der Waals surface area contributed by atoms with Gasteiger partial charge in [-0.1, -0.05) is 6.07 Å². The minimum atomic E-state index is -0.231. The van der Waals surface area contributed by atoms with E-state index in [0.29, 0.717) is 32.0 Å². The van der Waals surface area contributed by atoms with Crippen LogP contribution in [0.3, 0.4) is 0 Å². The highest BCUT2D eigenvalue weighted by molar-refractivity contribution is 7.20. The molecule has 2 aromatic rings. The zero-order valence-electron chi connectivity index (χ0n) is 12.7. The Balaban J connectivity index is 1.62. The van der Waals surface area contributed by atoms with Gasteiger partial charge in [0.2, 0.25) is 5.91 Å². The van der Waals surface area contributed by atoms with Crippen LogP contribution in [0.15, 0.2) is 22.9 Å². The van der Waals surface area contributed by atoms with Gasteiger partial charge in [-0.25, -0.2) is 4.98 Å². The Hall–Kier alpha value is -1.77. The Bertz CT molecular complexity index is 678. The van der Waals surface area contributed by atoms with Gasteiger partial charge in [0.25, 0.3) is 5.91 Å². The zero-order chi connectivity index (χ0) is 16.2. The van der Waals surface area contributed by atoms with Crippen LogP contribution in [0.25, 0.3) is 9.88 Å². The summed E-state index contributed by atoms with van der Waals surface area (Å²) >= 11 is 3.03. The van der Waals surface area contributed by atoms with E-state index in [1.807, 2.05) is 17.5 Å². The molecule has 0 saturated carbocycles. The van der Waals surface area contributed by atoms with E-state index < -0.39 is 0 Å². The van der Waals surface area contributed by atoms with Crippen molar-refractivity contribution in [2.75, 3.05) is 39.9 Å². The number of amides is 2. The lowest BCUT2D eigenvalue weighted by atomic mass is 10.3. The molecule has 0 unspecified atom stereocenters. The average molecular weight is 351 g/mol. The molecule has 1 aliphatic rings. The Kier molecular flexibility index (Phi) is 5.04. The lowest BCUT2D eigenvalue weighted by Crippen LogP contribution is -2.46. The third kappa shape index (κ3) is 3.77. The maximum Gasteiger partial charge on any atom is 0.273 e. The third-order valence-electron chi connectivity index (χ3n) is 3.54. The van der Waals surface area contributed by atoms with Crippen molar-refractivity contribution >= 4 is 34.5 Å². The Morgan fingerprint density at radius 2 is 2.13 bits per heavy atom. The van der Waals surface area contributed by atoms with Crippen LogP contribution in [-0.2, 0) is 9.53 Å². The molecular formula is C15H17N3O3S2. The Morgan fingerprint density at radius 3 is 2.83 bits per heavy atom. The van der Waals surface area contributed by atoms with Crippen molar-refractivity contribution in [1.29, 1.82) is 0 Å². The molecule has 1 fully saturated rings. The lowest BCUT2D eigenvalue weighted by molar-refractivity contribution is -0.135. The molecule has 0 radical (unpaired) electrons. The molecule has 23 heavy (non-hydrogen) atoms. The summed E-state index contributed by atoms with van der Waals surface area (Å²) in [4.78, 5) is 33.2. The summed E-state index contributed by atoms with van der Waals surface area (Å²) in [6.07, 6.45) is 0. The van der Waals surface area contributed by atoms with Crippen molar-refractivity contribution in [3.8, 4) is 9.88 Å². The van der Waals surface area contributed by atoms with Gasteiger partial charge in [0.1, 0.15) is 10.7 Å². The first-order valence-corrected chi connectivity index (χ1v) is 9.01. The van der Waals surface area contributed by atoms with Crippen LogP contribution in [0.2, 0.25) is 0 Å². The molecule has 0 bridgehead atoms. The maximum absolute atomic E-state index is 12.4. The second-order valence-corrected chi connectivity index (χ2v) is 6.98. The summed E-state index contributed by atoms with van der Waals surface area (Å²) in [5, 5.41) is 4.55. The second kappa shape index (κ2) is 7.20. The van der Waals surface area contributed by atoms with Crippen LogP contribution in [0.5, 0.6) is 0 Å². The topological polar surface area (TPSA) is 62.7 Å². The van der Waals surface area contributed by atoms with E-state index in [1.54, 1.807) is 28.7 Å². The molecule has 8 heteroatoms. The monoisotopic (exact) mass is 351 g/mol. The minimum absolute atomic E-state index is 0.0575. The number of carbonyl (C=O) groups excluding carboxylic acids is 2. The minimum Gasteiger partial charge on any atom is -0.378 e. The van der Waals surface area contributed by atoms with Crippen LogP contribution in [0, 0.1) is 0 Å². The van der Waals surface area contributed by atoms with Gasteiger partial charge >= 0.3 is 0 Å². The molecule has 3 rings (SSSR count).